The molecule has 0 aliphatic heterocycles. The minimum Gasteiger partial charge on any atom is -0.456 e. The Bertz CT molecular complexity index is 3240. The molecule has 0 N–H and O–H groups in total. The lowest BCUT2D eigenvalue weighted by Gasteiger charge is -2.30. The van der Waals surface area contributed by atoms with Crippen LogP contribution in [0.5, 0.6) is 0 Å². The largest absolute Gasteiger partial charge is 0.456 e. The fraction of sp³-hybridized carbons (Fsp3) is 0. The molecule has 0 atom stereocenters. The summed E-state index contributed by atoms with van der Waals surface area (Å²) in [6.07, 6.45) is 0. The molecule has 258 valence electrons. The summed E-state index contributed by atoms with van der Waals surface area (Å²) in [4.78, 5) is 2.44. The Morgan fingerprint density at radius 3 is 1.87 bits per heavy atom. The van der Waals surface area contributed by atoms with Crippen molar-refractivity contribution in [1.82, 2.24) is 0 Å². The van der Waals surface area contributed by atoms with Crippen molar-refractivity contribution in [3.05, 3.63) is 200 Å². The summed E-state index contributed by atoms with van der Waals surface area (Å²) < 4.78 is 9.03. The summed E-state index contributed by atoms with van der Waals surface area (Å²) >= 11 is 1.85. The van der Waals surface area contributed by atoms with E-state index in [-0.39, 0.29) is 0 Å². The Kier molecular flexibility index (Phi) is 7.39. The van der Waals surface area contributed by atoms with E-state index in [1.165, 1.54) is 53.2 Å². The van der Waals surface area contributed by atoms with Crippen molar-refractivity contribution in [2.24, 2.45) is 0 Å². The van der Waals surface area contributed by atoms with Crippen LogP contribution in [0.1, 0.15) is 0 Å². The second-order valence-electron chi connectivity index (χ2n) is 14.1. The molecule has 0 saturated carbocycles. The van der Waals surface area contributed by atoms with Crippen LogP contribution in [0.4, 0.5) is 17.1 Å². The third-order valence-electron chi connectivity index (χ3n) is 10.9. The monoisotopic (exact) mass is 719 g/mol. The van der Waals surface area contributed by atoms with Crippen molar-refractivity contribution >= 4 is 81.3 Å². The van der Waals surface area contributed by atoms with Crippen molar-refractivity contribution < 1.29 is 4.42 Å². The first-order chi connectivity index (χ1) is 27.3. The van der Waals surface area contributed by atoms with E-state index in [2.05, 4.69) is 193 Å². The highest BCUT2D eigenvalue weighted by molar-refractivity contribution is 7.25. The van der Waals surface area contributed by atoms with Crippen molar-refractivity contribution in [3.63, 3.8) is 0 Å². The van der Waals surface area contributed by atoms with E-state index in [1.54, 1.807) is 0 Å². The number of anilines is 3. The van der Waals surface area contributed by atoms with Gasteiger partial charge in [0.15, 0.2) is 0 Å². The van der Waals surface area contributed by atoms with Crippen LogP contribution in [0.2, 0.25) is 0 Å². The zero-order chi connectivity index (χ0) is 36.3. The normalized spacial score (nSPS) is 11.6. The third-order valence-corrected chi connectivity index (χ3v) is 12.0. The fourth-order valence-corrected chi connectivity index (χ4v) is 9.39. The number of fused-ring (bicyclic) bond motifs is 7. The van der Waals surface area contributed by atoms with Gasteiger partial charge in [0.05, 0.1) is 11.4 Å². The summed E-state index contributed by atoms with van der Waals surface area (Å²) in [5.41, 5.74) is 12.0. The maximum atomic E-state index is 6.41. The molecule has 0 fully saturated rings. The van der Waals surface area contributed by atoms with E-state index >= 15 is 0 Å². The average Bonchev–Trinajstić information content (AvgIpc) is 3.82. The van der Waals surface area contributed by atoms with Crippen molar-refractivity contribution in [1.29, 1.82) is 0 Å². The number of benzene rings is 9. The minimum absolute atomic E-state index is 0.884. The van der Waals surface area contributed by atoms with Gasteiger partial charge in [-0.15, -0.1) is 11.3 Å². The number of rotatable bonds is 6. The number of furan rings is 1. The molecule has 0 spiro atoms. The maximum Gasteiger partial charge on any atom is 0.136 e. The second kappa shape index (κ2) is 12.9. The third kappa shape index (κ3) is 5.32. The zero-order valence-electron chi connectivity index (χ0n) is 29.8. The summed E-state index contributed by atoms with van der Waals surface area (Å²) in [6, 6.07) is 72.4. The van der Waals surface area contributed by atoms with Crippen LogP contribution in [0, 0.1) is 0 Å². The Morgan fingerprint density at radius 2 is 0.964 bits per heavy atom. The van der Waals surface area contributed by atoms with Gasteiger partial charge in [0.1, 0.15) is 11.2 Å². The molecular formula is C52H33NOS. The maximum absolute atomic E-state index is 6.41. The number of para-hydroxylation sites is 3. The van der Waals surface area contributed by atoms with Crippen LogP contribution >= 0.6 is 11.3 Å². The van der Waals surface area contributed by atoms with E-state index < -0.39 is 0 Å². The van der Waals surface area contributed by atoms with E-state index in [1.807, 2.05) is 23.5 Å². The Balaban J connectivity index is 1.14. The average molecular weight is 720 g/mol. The smallest absolute Gasteiger partial charge is 0.136 e. The second-order valence-corrected chi connectivity index (χ2v) is 15.1. The lowest BCUT2D eigenvalue weighted by Crippen LogP contribution is -2.12. The van der Waals surface area contributed by atoms with Crippen LogP contribution in [0.25, 0.3) is 86.3 Å². The molecule has 0 amide bonds. The predicted octanol–water partition coefficient (Wildman–Crippen LogP) is 15.6. The first kappa shape index (κ1) is 31.6. The number of hydrogen-bond donors (Lipinski definition) is 0. The van der Waals surface area contributed by atoms with Gasteiger partial charge in [-0.05, 0) is 93.7 Å². The highest BCUT2D eigenvalue weighted by Crippen LogP contribution is 2.47. The molecule has 0 unspecified atom stereocenters. The molecule has 2 aromatic heterocycles. The van der Waals surface area contributed by atoms with Crippen molar-refractivity contribution in [2.75, 3.05) is 4.90 Å². The quantitative estimate of drug-likeness (QED) is 0.170. The molecule has 0 bridgehead atoms. The molecule has 2 nitrogen and oxygen atoms in total. The van der Waals surface area contributed by atoms with Crippen molar-refractivity contribution in [3.8, 4) is 33.4 Å². The Labute approximate surface area is 322 Å². The van der Waals surface area contributed by atoms with Crippen LogP contribution in [-0.4, -0.2) is 0 Å². The van der Waals surface area contributed by atoms with Crippen LogP contribution < -0.4 is 4.90 Å². The van der Waals surface area contributed by atoms with Crippen LogP contribution in [0.3, 0.4) is 0 Å². The van der Waals surface area contributed by atoms with Gasteiger partial charge in [-0.3, -0.25) is 0 Å². The molecular weight excluding hydrogens is 687 g/mol. The van der Waals surface area contributed by atoms with Crippen molar-refractivity contribution in [2.45, 2.75) is 0 Å². The van der Waals surface area contributed by atoms with E-state index in [0.717, 1.165) is 50.1 Å². The highest BCUT2D eigenvalue weighted by atomic mass is 32.1. The van der Waals surface area contributed by atoms with Gasteiger partial charge in [0.2, 0.25) is 0 Å². The standard InChI is InChI=1S/C52H33NOS/c1-2-17-39-34(13-1)14-12-22-41(39)42-19-4-8-24-48(42)53(38-16-11-15-35(31-38)36-28-30-52-46(32-36)45-21-6-10-26-51(45)55-52)47-23-7-3-18-40(47)37-27-29-44-43-20-5-9-25-49(43)54-50(44)33-37/h1-33H. The van der Waals surface area contributed by atoms with E-state index in [9.17, 15) is 0 Å². The van der Waals surface area contributed by atoms with E-state index in [0.29, 0.717) is 0 Å². The summed E-state index contributed by atoms with van der Waals surface area (Å²) in [7, 11) is 0. The van der Waals surface area contributed by atoms with Gasteiger partial charge in [0.25, 0.3) is 0 Å². The van der Waals surface area contributed by atoms with Crippen LogP contribution in [0.15, 0.2) is 205 Å². The summed E-state index contributed by atoms with van der Waals surface area (Å²) in [5.74, 6) is 0. The minimum atomic E-state index is 0.884. The molecule has 0 aliphatic rings. The molecule has 0 saturated heterocycles. The van der Waals surface area contributed by atoms with Gasteiger partial charge in [-0.25, -0.2) is 0 Å². The topological polar surface area (TPSA) is 16.4 Å². The van der Waals surface area contributed by atoms with E-state index in [4.69, 9.17) is 4.42 Å². The number of nitrogens with zero attached hydrogens (tertiary/aromatic N) is 1. The molecule has 9 aromatic carbocycles. The first-order valence-electron chi connectivity index (χ1n) is 18.7. The Hall–Kier alpha value is -6.94. The molecule has 0 aliphatic carbocycles. The van der Waals surface area contributed by atoms with Gasteiger partial charge in [-0.1, -0.05) is 140 Å². The lowest BCUT2D eigenvalue weighted by atomic mass is 9.95. The summed E-state index contributed by atoms with van der Waals surface area (Å²) in [6.45, 7) is 0. The molecule has 2 heterocycles. The predicted molar refractivity (Wildman–Crippen MR) is 235 cm³/mol. The molecule has 0 radical (unpaired) electrons. The summed E-state index contributed by atoms with van der Waals surface area (Å²) in [5, 5.41) is 7.31. The lowest BCUT2D eigenvalue weighted by molar-refractivity contribution is 0.669. The van der Waals surface area contributed by atoms with Gasteiger partial charge >= 0.3 is 0 Å². The number of thiophene rings is 1. The highest BCUT2D eigenvalue weighted by Gasteiger charge is 2.22. The Morgan fingerprint density at radius 1 is 0.345 bits per heavy atom. The van der Waals surface area contributed by atoms with Crippen LogP contribution in [-0.2, 0) is 0 Å². The van der Waals surface area contributed by atoms with Gasteiger partial charge < -0.3 is 9.32 Å². The first-order valence-corrected chi connectivity index (χ1v) is 19.5. The molecule has 3 heteroatoms. The molecule has 11 aromatic rings. The number of hydrogen-bond acceptors (Lipinski definition) is 3. The fourth-order valence-electron chi connectivity index (χ4n) is 8.30. The van der Waals surface area contributed by atoms with Gasteiger partial charge in [0, 0.05) is 47.8 Å². The zero-order valence-corrected chi connectivity index (χ0v) is 30.6. The van der Waals surface area contributed by atoms with Gasteiger partial charge in [-0.2, -0.15) is 0 Å². The molecule has 55 heavy (non-hydrogen) atoms. The SMILES string of the molecule is c1cc(-c2ccc3sc4ccccc4c3c2)cc(N(c2ccccc2-c2ccc3c(c2)oc2ccccc23)c2ccccc2-c2cccc3ccccc23)c1. The molecule has 11 rings (SSSR count).